The highest BCUT2D eigenvalue weighted by molar-refractivity contribution is 5.62. The minimum atomic E-state index is 0. The second kappa shape index (κ2) is 13.6. The highest BCUT2D eigenvalue weighted by Crippen LogP contribution is 2.52. The molecule has 4 aromatic carbocycles. The van der Waals surface area contributed by atoms with Gasteiger partial charge in [0.2, 0.25) is 5.75 Å². The van der Waals surface area contributed by atoms with Gasteiger partial charge in [0.25, 0.3) is 0 Å². The van der Waals surface area contributed by atoms with E-state index in [1.54, 1.807) is 28.4 Å². The summed E-state index contributed by atoms with van der Waals surface area (Å²) < 4.78 is 39.0. The molecule has 0 spiro atoms. The Balaban J connectivity index is 0.00000417. The number of likely N-dealkylation sites (N-methyl/N-ethyl adjacent to an activating group) is 2. The number of halogens is 1. The molecule has 0 saturated heterocycles. The van der Waals surface area contributed by atoms with Crippen LogP contribution in [-0.4, -0.2) is 78.7 Å². The van der Waals surface area contributed by atoms with Crippen LogP contribution < -0.4 is 52.4 Å². The predicted molar refractivity (Wildman–Crippen MR) is 186 cm³/mol. The Bertz CT molecular complexity index is 1860. The highest BCUT2D eigenvalue weighted by atomic mass is 127. The molecule has 0 radical (unpaired) electrons. The van der Waals surface area contributed by atoms with E-state index >= 15 is 0 Å². The minimum absolute atomic E-state index is 0. The van der Waals surface area contributed by atoms with Gasteiger partial charge in [0.05, 0.1) is 75.3 Å². The smallest absolute Gasteiger partial charge is 0.204 e. The molecule has 0 unspecified atom stereocenters. The first-order chi connectivity index (χ1) is 23.0. The van der Waals surface area contributed by atoms with Crippen LogP contribution in [0.15, 0.2) is 60.7 Å². The van der Waals surface area contributed by atoms with Gasteiger partial charge in [-0.25, -0.2) is 0 Å². The molecule has 4 aliphatic heterocycles. The van der Waals surface area contributed by atoms with Gasteiger partial charge in [-0.05, 0) is 64.7 Å². The van der Waals surface area contributed by atoms with E-state index < -0.39 is 0 Å². The van der Waals surface area contributed by atoms with Crippen molar-refractivity contribution in [3.05, 3.63) is 94.0 Å². The second-order valence-corrected chi connectivity index (χ2v) is 14.5. The maximum atomic E-state index is 6.86. The van der Waals surface area contributed by atoms with Crippen molar-refractivity contribution in [2.45, 2.75) is 37.8 Å². The first-order valence-corrected chi connectivity index (χ1v) is 16.8. The molecule has 0 aliphatic carbocycles. The lowest BCUT2D eigenvalue weighted by molar-refractivity contribution is -0.923. The molecule has 0 fully saturated rings. The van der Waals surface area contributed by atoms with Crippen LogP contribution in [-0.2, 0) is 25.7 Å². The van der Waals surface area contributed by atoms with Crippen molar-refractivity contribution in [3.8, 4) is 46.0 Å². The summed E-state index contributed by atoms with van der Waals surface area (Å²) in [6.45, 7) is 2.01. The third-order valence-corrected chi connectivity index (χ3v) is 10.9. The Hall–Kier alpha value is -3.67. The van der Waals surface area contributed by atoms with Crippen LogP contribution >= 0.6 is 0 Å². The number of hydrogen-bond acceptors (Lipinski definition) is 6. The van der Waals surface area contributed by atoms with Crippen molar-refractivity contribution >= 4 is 0 Å². The molecule has 9 heteroatoms. The fourth-order valence-electron chi connectivity index (χ4n) is 7.95. The summed E-state index contributed by atoms with van der Waals surface area (Å²) in [6, 6.07) is 21.6. The van der Waals surface area contributed by atoms with Crippen molar-refractivity contribution in [2.75, 3.05) is 69.7 Å². The summed E-state index contributed by atoms with van der Waals surface area (Å²) in [7, 11) is 16.0. The minimum Gasteiger partial charge on any atom is -1.00 e. The number of nitrogens with zero attached hydrogens (tertiary/aromatic N) is 2. The van der Waals surface area contributed by atoms with Crippen LogP contribution in [0, 0.1) is 0 Å². The molecule has 4 heterocycles. The molecule has 0 amide bonds. The van der Waals surface area contributed by atoms with E-state index in [0.29, 0.717) is 28.7 Å². The molecule has 6 bridgehead atoms. The van der Waals surface area contributed by atoms with Gasteiger partial charge >= 0.3 is 0 Å². The van der Waals surface area contributed by atoms with Gasteiger partial charge in [-0.2, -0.15) is 0 Å². The van der Waals surface area contributed by atoms with E-state index in [9.17, 15) is 0 Å². The SMILES string of the molecule is COc1ccc2cc1Oc1cc3c(cc1OC)CC[N+](C)(C)[C@H]3Cc1ccc(cc1)Oc1c(OC)c(OC)cc3c1[C@@H](C2)[N+](C)(C)CC3.[I-]. The molecule has 260 valence electrons. The number of fused-ring (bicyclic) bond motifs is 2. The fourth-order valence-corrected chi connectivity index (χ4v) is 7.95. The van der Waals surface area contributed by atoms with Gasteiger partial charge in [-0.1, -0.05) is 18.2 Å². The molecular formula is C40H48IN2O6+. The zero-order valence-electron chi connectivity index (χ0n) is 29.9. The third-order valence-electron chi connectivity index (χ3n) is 10.9. The van der Waals surface area contributed by atoms with Crippen LogP contribution in [0.1, 0.15) is 45.5 Å². The van der Waals surface area contributed by atoms with Crippen LogP contribution in [0.2, 0.25) is 0 Å². The van der Waals surface area contributed by atoms with Gasteiger partial charge in [0, 0.05) is 31.2 Å². The summed E-state index contributed by atoms with van der Waals surface area (Å²) in [4.78, 5) is 0. The highest BCUT2D eigenvalue weighted by Gasteiger charge is 2.41. The maximum absolute atomic E-state index is 6.86. The zero-order chi connectivity index (χ0) is 33.8. The molecule has 0 aromatic heterocycles. The normalized spacial score (nSPS) is 19.8. The second-order valence-electron chi connectivity index (χ2n) is 14.5. The molecule has 0 N–H and O–H groups in total. The van der Waals surface area contributed by atoms with Crippen LogP contribution in [0.25, 0.3) is 0 Å². The van der Waals surface area contributed by atoms with E-state index in [4.69, 9.17) is 28.4 Å². The first-order valence-electron chi connectivity index (χ1n) is 16.8. The average Bonchev–Trinajstić information content (AvgIpc) is 3.07. The van der Waals surface area contributed by atoms with Crippen molar-refractivity contribution in [2.24, 2.45) is 0 Å². The summed E-state index contributed by atoms with van der Waals surface area (Å²) in [5.74, 6) is 5.54. The molecular weight excluding hydrogens is 731 g/mol. The summed E-state index contributed by atoms with van der Waals surface area (Å²) in [6.07, 6.45) is 3.50. The maximum Gasteiger partial charge on any atom is 0.204 e. The third kappa shape index (κ3) is 6.41. The lowest BCUT2D eigenvalue weighted by Crippen LogP contribution is -3.00. The van der Waals surface area contributed by atoms with Crippen LogP contribution in [0.4, 0.5) is 0 Å². The first kappa shape index (κ1) is 35.2. The van der Waals surface area contributed by atoms with Crippen LogP contribution in [0.5, 0.6) is 46.0 Å². The van der Waals surface area contributed by atoms with Crippen molar-refractivity contribution in [1.82, 2.24) is 0 Å². The summed E-state index contributed by atoms with van der Waals surface area (Å²) in [5.41, 5.74) is 7.34. The predicted octanol–water partition coefficient (Wildman–Crippen LogP) is 4.46. The number of rotatable bonds is 4. The Morgan fingerprint density at radius 2 is 1.18 bits per heavy atom. The summed E-state index contributed by atoms with van der Waals surface area (Å²) in [5, 5.41) is 0. The van der Waals surface area contributed by atoms with E-state index in [1.807, 2.05) is 6.07 Å². The van der Waals surface area contributed by atoms with Gasteiger partial charge in [-0.3, -0.25) is 0 Å². The van der Waals surface area contributed by atoms with E-state index in [2.05, 4.69) is 82.8 Å². The van der Waals surface area contributed by atoms with Gasteiger partial charge < -0.3 is 61.4 Å². The summed E-state index contributed by atoms with van der Waals surface area (Å²) >= 11 is 0. The number of quaternary nitrogens is 2. The zero-order valence-corrected chi connectivity index (χ0v) is 32.1. The van der Waals surface area contributed by atoms with Crippen molar-refractivity contribution in [3.63, 3.8) is 0 Å². The van der Waals surface area contributed by atoms with Crippen molar-refractivity contribution in [1.29, 1.82) is 0 Å². The van der Waals surface area contributed by atoms with E-state index in [1.165, 1.54) is 22.3 Å². The van der Waals surface area contributed by atoms with Gasteiger partial charge in [0.1, 0.15) is 17.8 Å². The number of ether oxygens (including phenoxy) is 6. The monoisotopic (exact) mass is 779 g/mol. The number of methoxy groups -OCH3 is 4. The molecule has 0 saturated carbocycles. The average molecular weight is 780 g/mol. The number of hydrogen-bond donors (Lipinski definition) is 0. The molecule has 8 nitrogen and oxygen atoms in total. The van der Waals surface area contributed by atoms with Gasteiger partial charge in [0.15, 0.2) is 34.5 Å². The van der Waals surface area contributed by atoms with Gasteiger partial charge in [-0.15, -0.1) is 0 Å². The molecule has 4 aliphatic rings. The van der Waals surface area contributed by atoms with Crippen LogP contribution in [0.3, 0.4) is 0 Å². The Labute approximate surface area is 307 Å². The Morgan fingerprint density at radius 3 is 1.86 bits per heavy atom. The fraction of sp³-hybridized carbons (Fsp3) is 0.400. The molecule has 8 rings (SSSR count). The molecule has 4 aromatic rings. The Kier molecular flexibility index (Phi) is 9.74. The lowest BCUT2D eigenvalue weighted by atomic mass is 9.85. The largest absolute Gasteiger partial charge is 1.00 e. The van der Waals surface area contributed by atoms with E-state index in [-0.39, 0.29) is 36.1 Å². The number of benzene rings is 4. The Morgan fingerprint density at radius 1 is 0.592 bits per heavy atom. The van der Waals surface area contributed by atoms with E-state index in [0.717, 1.165) is 76.1 Å². The topological polar surface area (TPSA) is 55.4 Å². The quantitative estimate of drug-likeness (QED) is 0.226. The van der Waals surface area contributed by atoms with Crippen molar-refractivity contribution < 1.29 is 61.4 Å². The standard InChI is InChI=1S/C40H48N2O6.HI/c1-41(2)17-15-27-22-34(44-6)36-24-30(27)31(41)19-25-9-12-29(13-10-25)47-40-38-28(23-37(45-7)39(40)46-8)16-18-42(3,4)32(38)20-26-11-14-33(43-5)35(21-26)48-36;/h9-14,21-24,31-32H,15-20H2,1-8H3;1H/q+2;/p-1/t31-,32+;/m0./s1. The molecule has 49 heavy (non-hydrogen) atoms. The lowest BCUT2D eigenvalue weighted by Gasteiger charge is -2.43. The molecule has 2 atom stereocenters.